The SMILES string of the molecule is CCC(C)(C)/C=C(\C)c1ccccn1. The molecule has 1 aromatic rings. The lowest BCUT2D eigenvalue weighted by atomic mass is 9.87. The molecule has 0 fully saturated rings. The first-order valence-corrected chi connectivity index (χ1v) is 5.16. The van der Waals surface area contributed by atoms with E-state index in [1.807, 2.05) is 18.3 Å². The van der Waals surface area contributed by atoms with Gasteiger partial charge in [-0.2, -0.15) is 0 Å². The van der Waals surface area contributed by atoms with Gasteiger partial charge in [-0.05, 0) is 36.5 Å². The second-order valence-electron chi connectivity index (χ2n) is 4.38. The highest BCUT2D eigenvalue weighted by molar-refractivity contribution is 5.60. The summed E-state index contributed by atoms with van der Waals surface area (Å²) in [5.74, 6) is 0. The summed E-state index contributed by atoms with van der Waals surface area (Å²) in [7, 11) is 0. The van der Waals surface area contributed by atoms with Crippen molar-refractivity contribution in [3.05, 3.63) is 36.2 Å². The van der Waals surface area contributed by atoms with Crippen molar-refractivity contribution in [2.24, 2.45) is 5.41 Å². The Morgan fingerprint density at radius 2 is 2.14 bits per heavy atom. The molecule has 1 heterocycles. The monoisotopic (exact) mass is 189 g/mol. The Labute approximate surface area is 86.9 Å². The van der Waals surface area contributed by atoms with Crippen molar-refractivity contribution in [3.63, 3.8) is 0 Å². The molecule has 0 saturated heterocycles. The Bertz CT molecular complexity index is 309. The molecule has 0 aliphatic carbocycles. The van der Waals surface area contributed by atoms with Crippen LogP contribution in [0.2, 0.25) is 0 Å². The smallest absolute Gasteiger partial charge is 0.0655 e. The largest absolute Gasteiger partial charge is 0.257 e. The first-order chi connectivity index (χ1) is 6.55. The van der Waals surface area contributed by atoms with Gasteiger partial charge in [0.1, 0.15) is 0 Å². The predicted molar refractivity (Wildman–Crippen MR) is 62.0 cm³/mol. The van der Waals surface area contributed by atoms with E-state index in [9.17, 15) is 0 Å². The molecule has 1 heteroatoms. The van der Waals surface area contributed by atoms with E-state index in [-0.39, 0.29) is 5.41 Å². The van der Waals surface area contributed by atoms with Crippen LogP contribution >= 0.6 is 0 Å². The van der Waals surface area contributed by atoms with Crippen LogP contribution in [0.15, 0.2) is 30.5 Å². The van der Waals surface area contributed by atoms with Crippen molar-refractivity contribution < 1.29 is 0 Å². The van der Waals surface area contributed by atoms with Crippen molar-refractivity contribution in [2.45, 2.75) is 34.1 Å². The minimum absolute atomic E-state index is 0.265. The second-order valence-corrected chi connectivity index (χ2v) is 4.38. The minimum atomic E-state index is 0.265. The van der Waals surface area contributed by atoms with Gasteiger partial charge in [-0.25, -0.2) is 0 Å². The molecule has 0 aliphatic rings. The quantitative estimate of drug-likeness (QED) is 0.702. The number of aromatic nitrogens is 1. The third-order valence-electron chi connectivity index (χ3n) is 2.59. The summed E-state index contributed by atoms with van der Waals surface area (Å²) < 4.78 is 0. The molecule has 0 N–H and O–H groups in total. The van der Waals surface area contributed by atoms with Gasteiger partial charge in [0.15, 0.2) is 0 Å². The third-order valence-corrected chi connectivity index (χ3v) is 2.59. The molecule has 0 atom stereocenters. The van der Waals surface area contributed by atoms with Crippen LogP contribution in [-0.4, -0.2) is 4.98 Å². The highest BCUT2D eigenvalue weighted by Crippen LogP contribution is 2.26. The van der Waals surface area contributed by atoms with E-state index in [0.717, 1.165) is 12.1 Å². The Balaban J connectivity index is 2.91. The van der Waals surface area contributed by atoms with E-state index in [1.165, 1.54) is 5.57 Å². The number of nitrogens with zero attached hydrogens (tertiary/aromatic N) is 1. The number of hydrogen-bond acceptors (Lipinski definition) is 1. The van der Waals surface area contributed by atoms with Crippen LogP contribution in [0.25, 0.3) is 5.57 Å². The van der Waals surface area contributed by atoms with Crippen LogP contribution in [0, 0.1) is 5.41 Å². The van der Waals surface area contributed by atoms with Crippen molar-refractivity contribution in [1.29, 1.82) is 0 Å². The fraction of sp³-hybridized carbons (Fsp3) is 0.462. The van der Waals surface area contributed by atoms with Crippen LogP contribution in [-0.2, 0) is 0 Å². The van der Waals surface area contributed by atoms with Crippen molar-refractivity contribution in [2.75, 3.05) is 0 Å². The van der Waals surface area contributed by atoms with E-state index in [0.29, 0.717) is 0 Å². The van der Waals surface area contributed by atoms with Crippen LogP contribution in [0.5, 0.6) is 0 Å². The first-order valence-electron chi connectivity index (χ1n) is 5.16. The predicted octanol–water partition coefficient (Wildman–Crippen LogP) is 3.92. The van der Waals surface area contributed by atoms with Crippen molar-refractivity contribution in [1.82, 2.24) is 4.98 Å². The summed E-state index contributed by atoms with van der Waals surface area (Å²) in [5.41, 5.74) is 2.60. The highest BCUT2D eigenvalue weighted by Gasteiger charge is 2.12. The average molecular weight is 189 g/mol. The van der Waals surface area contributed by atoms with E-state index in [4.69, 9.17) is 0 Å². The maximum atomic E-state index is 4.33. The van der Waals surface area contributed by atoms with Crippen molar-refractivity contribution >= 4 is 5.57 Å². The molecule has 0 amide bonds. The van der Waals surface area contributed by atoms with E-state index in [1.54, 1.807) is 0 Å². The van der Waals surface area contributed by atoms with Gasteiger partial charge in [0.05, 0.1) is 5.69 Å². The standard InChI is InChI=1S/C13H19N/c1-5-13(3,4)10-11(2)12-8-6-7-9-14-12/h6-10H,5H2,1-4H3/b11-10+. The Kier molecular flexibility index (Phi) is 3.45. The minimum Gasteiger partial charge on any atom is -0.257 e. The summed E-state index contributed by atoms with van der Waals surface area (Å²) in [6.45, 7) is 8.83. The van der Waals surface area contributed by atoms with Crippen LogP contribution in [0.1, 0.15) is 39.8 Å². The maximum absolute atomic E-state index is 4.33. The lowest BCUT2D eigenvalue weighted by Gasteiger charge is -2.18. The fourth-order valence-corrected chi connectivity index (χ4v) is 1.36. The van der Waals surface area contributed by atoms with Gasteiger partial charge in [-0.3, -0.25) is 4.98 Å². The van der Waals surface area contributed by atoms with Gasteiger partial charge in [0.25, 0.3) is 0 Å². The summed E-state index contributed by atoms with van der Waals surface area (Å²) in [4.78, 5) is 4.33. The molecule has 14 heavy (non-hydrogen) atoms. The molecule has 1 rings (SSSR count). The first kappa shape index (κ1) is 11.0. The molecule has 0 spiro atoms. The second kappa shape index (κ2) is 4.41. The maximum Gasteiger partial charge on any atom is 0.0655 e. The summed E-state index contributed by atoms with van der Waals surface area (Å²) in [6.07, 6.45) is 5.29. The Morgan fingerprint density at radius 3 is 2.64 bits per heavy atom. The van der Waals surface area contributed by atoms with Gasteiger partial charge >= 0.3 is 0 Å². The summed E-state index contributed by atoms with van der Waals surface area (Å²) in [6, 6.07) is 6.03. The van der Waals surface area contributed by atoms with Crippen LogP contribution < -0.4 is 0 Å². The lowest BCUT2D eigenvalue weighted by molar-refractivity contribution is 0.463. The molecule has 0 aromatic carbocycles. The zero-order valence-electron chi connectivity index (χ0n) is 9.54. The fourth-order valence-electron chi connectivity index (χ4n) is 1.36. The number of allylic oxidation sites excluding steroid dienone is 2. The molecule has 0 unspecified atom stereocenters. The van der Waals surface area contributed by atoms with Crippen LogP contribution in [0.4, 0.5) is 0 Å². The average Bonchev–Trinajstić information content (AvgIpc) is 2.19. The normalized spacial score (nSPS) is 13.0. The molecule has 0 bridgehead atoms. The molecule has 1 nitrogen and oxygen atoms in total. The van der Waals surface area contributed by atoms with Crippen molar-refractivity contribution in [3.8, 4) is 0 Å². The van der Waals surface area contributed by atoms with Gasteiger partial charge in [0, 0.05) is 6.20 Å². The lowest BCUT2D eigenvalue weighted by Crippen LogP contribution is -2.05. The highest BCUT2D eigenvalue weighted by atomic mass is 14.7. The zero-order valence-corrected chi connectivity index (χ0v) is 9.54. The van der Waals surface area contributed by atoms with Gasteiger partial charge in [-0.1, -0.05) is 32.9 Å². The van der Waals surface area contributed by atoms with Gasteiger partial charge in [-0.15, -0.1) is 0 Å². The van der Waals surface area contributed by atoms with E-state index < -0.39 is 0 Å². The Hall–Kier alpha value is -1.11. The number of pyridine rings is 1. The third kappa shape index (κ3) is 2.99. The van der Waals surface area contributed by atoms with Gasteiger partial charge in [0.2, 0.25) is 0 Å². The number of hydrogen-bond donors (Lipinski definition) is 0. The summed E-state index contributed by atoms with van der Waals surface area (Å²) in [5, 5.41) is 0. The molecule has 0 saturated carbocycles. The molecular formula is C13H19N. The number of rotatable bonds is 3. The molecular weight excluding hydrogens is 170 g/mol. The zero-order chi connectivity index (χ0) is 10.6. The molecule has 76 valence electrons. The molecule has 0 radical (unpaired) electrons. The Morgan fingerprint density at radius 1 is 1.43 bits per heavy atom. The van der Waals surface area contributed by atoms with E-state index in [2.05, 4.69) is 44.8 Å². The molecule has 1 aromatic heterocycles. The molecule has 0 aliphatic heterocycles. The van der Waals surface area contributed by atoms with Gasteiger partial charge < -0.3 is 0 Å². The van der Waals surface area contributed by atoms with Crippen LogP contribution in [0.3, 0.4) is 0 Å². The summed E-state index contributed by atoms with van der Waals surface area (Å²) >= 11 is 0. The topological polar surface area (TPSA) is 12.9 Å². The van der Waals surface area contributed by atoms with E-state index >= 15 is 0 Å².